The lowest BCUT2D eigenvalue weighted by Crippen LogP contribution is -2.18. The minimum atomic E-state index is -1.37. The van der Waals surface area contributed by atoms with Gasteiger partial charge in [-0.15, -0.1) is 0 Å². The third-order valence-electron chi connectivity index (χ3n) is 4.24. The fraction of sp³-hybridized carbons (Fsp3) is 0.200. The highest BCUT2D eigenvalue weighted by Crippen LogP contribution is 2.33. The van der Waals surface area contributed by atoms with Gasteiger partial charge in [-0.3, -0.25) is 0 Å². The van der Waals surface area contributed by atoms with Gasteiger partial charge in [0.25, 0.3) is 0 Å². The van der Waals surface area contributed by atoms with E-state index in [1.54, 1.807) is 6.08 Å². The highest BCUT2D eigenvalue weighted by molar-refractivity contribution is 6.50. The average Bonchev–Trinajstić information content (AvgIpc) is 2.64. The van der Waals surface area contributed by atoms with Gasteiger partial charge >= 0.3 is 7.12 Å². The Morgan fingerprint density at radius 2 is 1.54 bits per heavy atom. The summed E-state index contributed by atoms with van der Waals surface area (Å²) in [6.45, 7) is 0.539. The minimum absolute atomic E-state index is 0.125. The van der Waals surface area contributed by atoms with Crippen LogP contribution in [-0.4, -0.2) is 17.2 Å². The highest BCUT2D eigenvalue weighted by atomic mass is 16.5. The maximum Gasteiger partial charge on any atom is 0.484 e. The molecule has 0 bridgehead atoms. The third-order valence-corrected chi connectivity index (χ3v) is 4.24. The fourth-order valence-corrected chi connectivity index (χ4v) is 2.90. The van der Waals surface area contributed by atoms with Crippen LogP contribution in [0.4, 0.5) is 0 Å². The number of ether oxygens (including phenoxy) is 1. The van der Waals surface area contributed by atoms with Crippen LogP contribution in [0.15, 0.2) is 83.9 Å². The Balaban J connectivity index is 1.81. The summed E-state index contributed by atoms with van der Waals surface area (Å²) in [7, 11) is -1.37. The van der Waals surface area contributed by atoms with Crippen LogP contribution in [-0.2, 0) is 11.3 Å². The molecule has 0 fully saturated rings. The third kappa shape index (κ3) is 4.23. The summed E-state index contributed by atoms with van der Waals surface area (Å²) in [5.41, 5.74) is 4.05. The van der Waals surface area contributed by atoms with Crippen molar-refractivity contribution < 1.29 is 14.8 Å². The predicted molar refractivity (Wildman–Crippen MR) is 96.0 cm³/mol. The maximum atomic E-state index is 9.30. The second-order valence-corrected chi connectivity index (χ2v) is 5.94. The molecule has 0 amide bonds. The molecule has 1 unspecified atom stereocenters. The zero-order chi connectivity index (χ0) is 16.8. The summed E-state index contributed by atoms with van der Waals surface area (Å²) in [6, 6.07) is 20.3. The molecule has 0 radical (unpaired) electrons. The van der Waals surface area contributed by atoms with Crippen LogP contribution in [0.5, 0.6) is 0 Å². The molecule has 0 saturated heterocycles. The van der Waals surface area contributed by atoms with Crippen molar-refractivity contribution in [3.8, 4) is 0 Å². The van der Waals surface area contributed by atoms with Crippen LogP contribution in [0.2, 0.25) is 0 Å². The van der Waals surface area contributed by atoms with E-state index in [-0.39, 0.29) is 6.10 Å². The van der Waals surface area contributed by atoms with Gasteiger partial charge in [0, 0.05) is 0 Å². The van der Waals surface area contributed by atoms with E-state index in [0.29, 0.717) is 18.5 Å². The molecule has 2 aromatic rings. The Bertz CT molecular complexity index is 708. The molecule has 1 aliphatic rings. The summed E-state index contributed by atoms with van der Waals surface area (Å²) >= 11 is 0. The molecule has 1 atom stereocenters. The van der Waals surface area contributed by atoms with Gasteiger partial charge in [0.1, 0.15) is 6.10 Å². The zero-order valence-corrected chi connectivity index (χ0v) is 13.5. The van der Waals surface area contributed by atoms with Gasteiger partial charge < -0.3 is 14.8 Å². The molecular formula is C20H21BO3. The van der Waals surface area contributed by atoms with Gasteiger partial charge in [-0.25, -0.2) is 0 Å². The van der Waals surface area contributed by atoms with Crippen LogP contribution in [0, 0.1) is 0 Å². The Morgan fingerprint density at radius 3 is 2.12 bits per heavy atom. The lowest BCUT2D eigenvalue weighted by atomic mass is 9.73. The normalized spacial score (nSPS) is 15.4. The van der Waals surface area contributed by atoms with E-state index in [0.717, 1.165) is 23.1 Å². The smallest absolute Gasteiger partial charge is 0.423 e. The van der Waals surface area contributed by atoms with Crippen molar-refractivity contribution in [2.24, 2.45) is 0 Å². The Labute approximate surface area is 143 Å². The van der Waals surface area contributed by atoms with Crippen molar-refractivity contribution in [2.75, 3.05) is 0 Å². The van der Waals surface area contributed by atoms with Crippen LogP contribution < -0.4 is 0 Å². The van der Waals surface area contributed by atoms with Gasteiger partial charge in [-0.2, -0.15) is 0 Å². The van der Waals surface area contributed by atoms with Gasteiger partial charge in [0.05, 0.1) is 6.61 Å². The topological polar surface area (TPSA) is 49.7 Å². The minimum Gasteiger partial charge on any atom is -0.423 e. The van der Waals surface area contributed by atoms with Gasteiger partial charge in [0.15, 0.2) is 0 Å². The van der Waals surface area contributed by atoms with Crippen molar-refractivity contribution in [3.05, 3.63) is 95.0 Å². The standard InChI is InChI=1S/C20H21BO3/c22-21(23)19-13-11-18(12-14-19)20(17-9-5-2-6-10-17)24-15-16-7-3-1-4-8-16/h1-11,13,20,22-23H,12,14-15H2. The molecule has 24 heavy (non-hydrogen) atoms. The first-order chi connectivity index (χ1) is 11.7. The monoisotopic (exact) mass is 320 g/mol. The number of benzene rings is 2. The molecule has 0 aliphatic heterocycles. The van der Waals surface area contributed by atoms with Crippen molar-refractivity contribution in [1.82, 2.24) is 0 Å². The second-order valence-electron chi connectivity index (χ2n) is 5.94. The summed E-state index contributed by atoms with van der Waals surface area (Å²) in [5.74, 6) is 0. The molecule has 2 aromatic carbocycles. The van der Waals surface area contributed by atoms with Crippen molar-refractivity contribution in [2.45, 2.75) is 25.6 Å². The van der Waals surface area contributed by atoms with Crippen LogP contribution in [0.1, 0.15) is 30.1 Å². The Hall–Kier alpha value is -2.14. The molecule has 0 heterocycles. The quantitative estimate of drug-likeness (QED) is 0.800. The number of allylic oxidation sites excluding steroid dienone is 3. The molecule has 0 saturated carbocycles. The lowest BCUT2D eigenvalue weighted by molar-refractivity contribution is 0.0616. The Kier molecular flexibility index (Phi) is 5.65. The molecule has 3 rings (SSSR count). The maximum absolute atomic E-state index is 9.30. The van der Waals surface area contributed by atoms with E-state index in [2.05, 4.69) is 24.3 Å². The van der Waals surface area contributed by atoms with Crippen LogP contribution in [0.25, 0.3) is 0 Å². The molecule has 0 spiro atoms. The van der Waals surface area contributed by atoms with E-state index in [1.165, 1.54) is 0 Å². The highest BCUT2D eigenvalue weighted by Gasteiger charge is 2.23. The lowest BCUT2D eigenvalue weighted by Gasteiger charge is -2.24. The molecule has 1 aliphatic carbocycles. The zero-order valence-electron chi connectivity index (χ0n) is 13.5. The summed E-state index contributed by atoms with van der Waals surface area (Å²) < 4.78 is 6.23. The van der Waals surface area contributed by atoms with E-state index in [1.807, 2.05) is 42.5 Å². The van der Waals surface area contributed by atoms with E-state index in [9.17, 15) is 10.0 Å². The number of hydrogen-bond acceptors (Lipinski definition) is 3. The summed E-state index contributed by atoms with van der Waals surface area (Å²) in [4.78, 5) is 0. The second kappa shape index (κ2) is 8.11. The van der Waals surface area contributed by atoms with E-state index >= 15 is 0 Å². The molecule has 3 nitrogen and oxygen atoms in total. The molecular weight excluding hydrogens is 299 g/mol. The summed E-state index contributed by atoms with van der Waals surface area (Å²) in [6.07, 6.45) is 5.03. The van der Waals surface area contributed by atoms with Crippen molar-refractivity contribution in [1.29, 1.82) is 0 Å². The Morgan fingerprint density at radius 1 is 0.875 bits per heavy atom. The number of rotatable bonds is 6. The molecule has 4 heteroatoms. The van der Waals surface area contributed by atoms with Crippen molar-refractivity contribution in [3.63, 3.8) is 0 Å². The first kappa shape index (κ1) is 16.7. The fourth-order valence-electron chi connectivity index (χ4n) is 2.90. The van der Waals surface area contributed by atoms with Crippen LogP contribution >= 0.6 is 0 Å². The van der Waals surface area contributed by atoms with Gasteiger partial charge in [0.2, 0.25) is 0 Å². The average molecular weight is 320 g/mol. The number of hydrogen-bond donors (Lipinski definition) is 2. The molecule has 2 N–H and O–H groups in total. The largest absolute Gasteiger partial charge is 0.484 e. The predicted octanol–water partition coefficient (Wildman–Crippen LogP) is 3.60. The van der Waals surface area contributed by atoms with Crippen LogP contribution in [0.3, 0.4) is 0 Å². The van der Waals surface area contributed by atoms with Gasteiger partial charge in [-0.1, -0.05) is 72.8 Å². The van der Waals surface area contributed by atoms with E-state index in [4.69, 9.17) is 4.74 Å². The first-order valence-corrected chi connectivity index (χ1v) is 8.20. The molecule has 122 valence electrons. The first-order valence-electron chi connectivity index (χ1n) is 8.20. The van der Waals surface area contributed by atoms with Gasteiger partial charge in [-0.05, 0) is 35.0 Å². The van der Waals surface area contributed by atoms with E-state index < -0.39 is 7.12 Å². The summed E-state index contributed by atoms with van der Waals surface area (Å²) in [5, 5.41) is 18.6. The SMILES string of the molecule is OB(O)C1=CC=C(C(OCc2ccccc2)c2ccccc2)CC1. The molecule has 0 aromatic heterocycles. The van der Waals surface area contributed by atoms with Crippen molar-refractivity contribution >= 4 is 7.12 Å².